The number of nitrogens with one attached hydrogen (secondary N) is 2. The Morgan fingerprint density at radius 2 is 1.90 bits per heavy atom. The van der Waals surface area contributed by atoms with E-state index in [4.69, 9.17) is 5.26 Å². The van der Waals surface area contributed by atoms with Gasteiger partial charge in [0.05, 0.1) is 24.0 Å². The van der Waals surface area contributed by atoms with Crippen molar-refractivity contribution < 1.29 is 18.0 Å². The number of nitriles is 1. The molecule has 0 aliphatic rings. The van der Waals surface area contributed by atoms with Gasteiger partial charge in [-0.05, 0) is 17.9 Å². The maximum atomic E-state index is 13.8. The molecule has 1 heterocycles. The molecule has 0 saturated heterocycles. The average Bonchev–Trinajstić information content (AvgIpc) is 2.69. The molecule has 0 spiro atoms. The van der Waals surface area contributed by atoms with Gasteiger partial charge in [-0.1, -0.05) is 38.1 Å². The van der Waals surface area contributed by atoms with Gasteiger partial charge in [0.2, 0.25) is 5.91 Å². The van der Waals surface area contributed by atoms with Crippen molar-refractivity contribution in [1.82, 2.24) is 20.6 Å². The summed E-state index contributed by atoms with van der Waals surface area (Å²) in [5.74, 6) is -0.654. The van der Waals surface area contributed by atoms with Crippen LogP contribution in [0.15, 0.2) is 42.9 Å². The van der Waals surface area contributed by atoms with E-state index < -0.39 is 24.2 Å². The summed E-state index contributed by atoms with van der Waals surface area (Å²) in [6.45, 7) is 3.35. The Morgan fingerprint density at radius 3 is 2.41 bits per heavy atom. The molecule has 154 valence electrons. The van der Waals surface area contributed by atoms with Crippen molar-refractivity contribution in [2.45, 2.75) is 38.5 Å². The first-order chi connectivity index (χ1) is 13.7. The minimum Gasteiger partial charge on any atom is -0.342 e. The van der Waals surface area contributed by atoms with Crippen LogP contribution in [0.2, 0.25) is 0 Å². The Balaban J connectivity index is 2.28. The average molecular weight is 405 g/mol. The third-order valence-corrected chi connectivity index (χ3v) is 4.16. The van der Waals surface area contributed by atoms with Gasteiger partial charge in [-0.25, -0.2) is 0 Å². The van der Waals surface area contributed by atoms with E-state index >= 15 is 0 Å². The van der Waals surface area contributed by atoms with Gasteiger partial charge >= 0.3 is 6.18 Å². The highest BCUT2D eigenvalue weighted by Crippen LogP contribution is 2.34. The van der Waals surface area contributed by atoms with Gasteiger partial charge in [-0.2, -0.15) is 18.4 Å². The summed E-state index contributed by atoms with van der Waals surface area (Å²) in [5, 5.41) is 13.4. The summed E-state index contributed by atoms with van der Waals surface area (Å²) in [5.41, 5.74) is 1.16. The topological polar surface area (TPSA) is 90.7 Å². The Kier molecular flexibility index (Phi) is 7.67. The molecule has 0 unspecified atom stereocenters. The molecule has 2 atom stereocenters. The molecule has 2 aromatic rings. The highest BCUT2D eigenvalue weighted by atomic mass is 19.4. The fourth-order valence-corrected chi connectivity index (χ4v) is 2.85. The van der Waals surface area contributed by atoms with Gasteiger partial charge in [-0.15, -0.1) is 0 Å². The minimum atomic E-state index is -4.61. The predicted molar refractivity (Wildman–Crippen MR) is 101 cm³/mol. The number of hydrogen-bond acceptors (Lipinski definition) is 5. The smallest absolute Gasteiger partial charge is 0.342 e. The Bertz CT molecular complexity index is 832. The molecule has 0 aliphatic carbocycles. The van der Waals surface area contributed by atoms with Gasteiger partial charge < -0.3 is 5.32 Å². The molecule has 0 saturated carbocycles. The number of carbonyl (C=O) groups is 1. The largest absolute Gasteiger partial charge is 0.407 e. The van der Waals surface area contributed by atoms with E-state index in [0.29, 0.717) is 11.3 Å². The molecule has 0 bridgehead atoms. The second kappa shape index (κ2) is 9.98. The number of hydrogen-bond donors (Lipinski definition) is 2. The highest BCUT2D eigenvalue weighted by Gasteiger charge is 2.42. The molecule has 1 aromatic carbocycles. The first-order valence-corrected chi connectivity index (χ1v) is 9.06. The van der Waals surface area contributed by atoms with Crippen molar-refractivity contribution in [3.63, 3.8) is 0 Å². The lowest BCUT2D eigenvalue weighted by Crippen LogP contribution is -2.49. The van der Waals surface area contributed by atoms with Crippen LogP contribution in [0.3, 0.4) is 0 Å². The number of amides is 1. The molecule has 29 heavy (non-hydrogen) atoms. The van der Waals surface area contributed by atoms with Crippen molar-refractivity contribution in [2.24, 2.45) is 5.92 Å². The lowest BCUT2D eigenvalue weighted by Gasteiger charge is -2.28. The maximum absolute atomic E-state index is 13.8. The lowest BCUT2D eigenvalue weighted by molar-refractivity contribution is -0.161. The van der Waals surface area contributed by atoms with Crippen molar-refractivity contribution >= 4 is 5.91 Å². The van der Waals surface area contributed by atoms with Crippen LogP contribution >= 0.6 is 0 Å². The molecule has 1 aromatic heterocycles. The second-order valence-corrected chi connectivity index (χ2v) is 6.91. The van der Waals surface area contributed by atoms with E-state index in [1.807, 2.05) is 13.8 Å². The zero-order chi connectivity index (χ0) is 21.4. The van der Waals surface area contributed by atoms with Crippen LogP contribution < -0.4 is 10.6 Å². The van der Waals surface area contributed by atoms with Gasteiger partial charge in [0.1, 0.15) is 12.6 Å². The number of carbonyl (C=O) groups excluding carboxylic acids is 1. The normalized spacial score (nSPS) is 13.6. The molecular formula is C20H22F3N5O. The Hall–Kier alpha value is -2.99. The quantitative estimate of drug-likeness (QED) is 0.657. The first-order valence-electron chi connectivity index (χ1n) is 9.06. The van der Waals surface area contributed by atoms with Crippen LogP contribution in [0.25, 0.3) is 11.3 Å². The molecular weight excluding hydrogens is 383 g/mol. The lowest BCUT2D eigenvalue weighted by atomic mass is 9.98. The van der Waals surface area contributed by atoms with E-state index in [1.165, 1.54) is 42.9 Å². The third kappa shape index (κ3) is 6.54. The second-order valence-electron chi connectivity index (χ2n) is 6.91. The molecule has 0 aliphatic heterocycles. The number of aromatic nitrogens is 2. The minimum absolute atomic E-state index is 0.0201. The van der Waals surface area contributed by atoms with Gasteiger partial charge in [-0.3, -0.25) is 20.1 Å². The predicted octanol–water partition coefficient (Wildman–Crippen LogP) is 3.39. The number of nitrogens with zero attached hydrogens (tertiary/aromatic N) is 3. The van der Waals surface area contributed by atoms with Crippen molar-refractivity contribution in [2.75, 3.05) is 6.54 Å². The van der Waals surface area contributed by atoms with Crippen LogP contribution in [0.1, 0.15) is 31.9 Å². The van der Waals surface area contributed by atoms with Gasteiger partial charge in [0.15, 0.2) is 0 Å². The molecule has 2 rings (SSSR count). The summed E-state index contributed by atoms with van der Waals surface area (Å²) in [4.78, 5) is 20.3. The monoisotopic (exact) mass is 405 g/mol. The molecule has 1 amide bonds. The van der Waals surface area contributed by atoms with Crippen LogP contribution in [0, 0.1) is 17.2 Å². The standard InChI is InChI=1S/C20H22F3N5O/c1-13(2)11-16(19(29)27-8-7-24)28-18(20(21,22)23)15-5-3-14(4-6-15)17-12-25-9-10-26-17/h3-6,9-10,12-13,16,18,28H,8,11H2,1-2H3,(H,27,29)/t16-,18-/m0/s1. The number of rotatable bonds is 8. The van der Waals surface area contributed by atoms with E-state index in [9.17, 15) is 18.0 Å². The van der Waals surface area contributed by atoms with Crippen LogP contribution in [-0.4, -0.2) is 34.6 Å². The zero-order valence-corrected chi connectivity index (χ0v) is 16.1. The summed E-state index contributed by atoms with van der Waals surface area (Å²) in [6, 6.07) is 4.41. The summed E-state index contributed by atoms with van der Waals surface area (Å²) in [7, 11) is 0. The Labute approximate surface area is 167 Å². The van der Waals surface area contributed by atoms with E-state index in [2.05, 4.69) is 20.6 Å². The molecule has 0 radical (unpaired) electrons. The molecule has 9 heteroatoms. The molecule has 6 nitrogen and oxygen atoms in total. The highest BCUT2D eigenvalue weighted by molar-refractivity contribution is 5.82. The first kappa shape index (κ1) is 22.3. The van der Waals surface area contributed by atoms with E-state index in [-0.39, 0.29) is 24.4 Å². The fourth-order valence-electron chi connectivity index (χ4n) is 2.85. The van der Waals surface area contributed by atoms with Crippen LogP contribution in [0.5, 0.6) is 0 Å². The third-order valence-electron chi connectivity index (χ3n) is 4.16. The van der Waals surface area contributed by atoms with E-state index in [0.717, 1.165) is 0 Å². The summed E-state index contributed by atoms with van der Waals surface area (Å²) >= 11 is 0. The molecule has 0 fully saturated rings. The van der Waals surface area contributed by atoms with Crippen LogP contribution in [-0.2, 0) is 4.79 Å². The maximum Gasteiger partial charge on any atom is 0.407 e. The number of alkyl halides is 3. The van der Waals surface area contributed by atoms with Gasteiger partial charge in [0.25, 0.3) is 0 Å². The SMILES string of the molecule is CC(C)C[C@H](N[C@@H](c1ccc(-c2cnccn2)cc1)C(F)(F)F)C(=O)NCC#N. The van der Waals surface area contributed by atoms with Crippen molar-refractivity contribution in [1.29, 1.82) is 5.26 Å². The summed E-state index contributed by atoms with van der Waals surface area (Å²) in [6.07, 6.45) is 0.112. The van der Waals surface area contributed by atoms with Crippen molar-refractivity contribution in [3.05, 3.63) is 48.4 Å². The zero-order valence-electron chi connectivity index (χ0n) is 16.1. The van der Waals surface area contributed by atoms with Crippen LogP contribution in [0.4, 0.5) is 13.2 Å². The summed E-state index contributed by atoms with van der Waals surface area (Å²) < 4.78 is 41.3. The fraction of sp³-hybridized carbons (Fsp3) is 0.400. The van der Waals surface area contributed by atoms with E-state index in [1.54, 1.807) is 6.07 Å². The van der Waals surface area contributed by atoms with Crippen molar-refractivity contribution in [3.8, 4) is 17.3 Å². The van der Waals surface area contributed by atoms with Gasteiger partial charge in [0, 0.05) is 18.0 Å². The number of halogens is 3. The Morgan fingerprint density at radius 1 is 1.21 bits per heavy atom. The number of benzene rings is 1. The molecule has 2 N–H and O–H groups in total.